The van der Waals surface area contributed by atoms with E-state index in [9.17, 15) is 14.9 Å². The number of hydrogen-bond donors (Lipinski definition) is 1. The van der Waals surface area contributed by atoms with Crippen molar-refractivity contribution in [3.63, 3.8) is 0 Å². The highest BCUT2D eigenvalue weighted by molar-refractivity contribution is 5.84. The predicted molar refractivity (Wildman–Crippen MR) is 76.0 cm³/mol. The average Bonchev–Trinajstić information content (AvgIpc) is 2.49. The number of non-ortho nitro benzene ring substituents is 1. The summed E-state index contributed by atoms with van der Waals surface area (Å²) in [5.41, 5.74) is 1.23. The van der Waals surface area contributed by atoms with E-state index >= 15 is 0 Å². The lowest BCUT2D eigenvalue weighted by molar-refractivity contribution is -0.384. The molecule has 0 aliphatic carbocycles. The third kappa shape index (κ3) is 4.57. The molecule has 2 rings (SSSR count). The van der Waals surface area contributed by atoms with E-state index in [1.165, 1.54) is 24.3 Å². The molecule has 0 bridgehead atoms. The second-order valence-electron chi connectivity index (χ2n) is 4.14. The smallest absolute Gasteiger partial charge is 0.411 e. The molecule has 0 saturated carbocycles. The summed E-state index contributed by atoms with van der Waals surface area (Å²) in [7, 11) is 0. The van der Waals surface area contributed by atoms with Gasteiger partial charge in [-0.25, -0.2) is 4.79 Å². The minimum atomic E-state index is -0.611. The standard InChI is InChI=1S/C14H13N3O4/c18-14(21-10-8-11-3-1-2-9-15-11)16-12-4-6-13(7-5-12)17(19)20/h1-7,9H,8,10H2,(H,16,18). The largest absolute Gasteiger partial charge is 0.449 e. The third-order valence-electron chi connectivity index (χ3n) is 2.64. The number of ether oxygens (including phenoxy) is 1. The second kappa shape index (κ2) is 6.99. The van der Waals surface area contributed by atoms with E-state index in [-0.39, 0.29) is 12.3 Å². The number of benzene rings is 1. The van der Waals surface area contributed by atoms with Crippen LogP contribution in [0.3, 0.4) is 0 Å². The van der Waals surface area contributed by atoms with E-state index in [0.29, 0.717) is 12.1 Å². The normalized spacial score (nSPS) is 9.90. The molecule has 0 aliphatic heterocycles. The van der Waals surface area contributed by atoms with Crippen LogP contribution >= 0.6 is 0 Å². The van der Waals surface area contributed by atoms with Gasteiger partial charge in [0.25, 0.3) is 5.69 Å². The Balaban J connectivity index is 1.78. The highest BCUT2D eigenvalue weighted by Gasteiger charge is 2.07. The number of nitro groups is 1. The number of nitrogens with zero attached hydrogens (tertiary/aromatic N) is 2. The van der Waals surface area contributed by atoms with Gasteiger partial charge in [0.1, 0.15) is 0 Å². The molecule has 0 aliphatic rings. The van der Waals surface area contributed by atoms with Crippen molar-refractivity contribution in [1.82, 2.24) is 4.98 Å². The van der Waals surface area contributed by atoms with E-state index in [0.717, 1.165) is 5.69 Å². The fraction of sp³-hybridized carbons (Fsp3) is 0.143. The first-order valence-corrected chi connectivity index (χ1v) is 6.23. The highest BCUT2D eigenvalue weighted by atomic mass is 16.6. The molecule has 0 unspecified atom stereocenters. The number of anilines is 1. The molecule has 1 N–H and O–H groups in total. The van der Waals surface area contributed by atoms with Gasteiger partial charge in [-0.15, -0.1) is 0 Å². The Kier molecular flexibility index (Phi) is 4.81. The number of rotatable bonds is 5. The SMILES string of the molecule is O=C(Nc1ccc([N+](=O)[O-])cc1)OCCc1ccccn1. The molecular weight excluding hydrogens is 274 g/mol. The topological polar surface area (TPSA) is 94.4 Å². The van der Waals surface area contributed by atoms with Gasteiger partial charge in [0, 0.05) is 36.1 Å². The van der Waals surface area contributed by atoms with Gasteiger partial charge < -0.3 is 4.74 Å². The number of nitrogens with one attached hydrogen (secondary N) is 1. The highest BCUT2D eigenvalue weighted by Crippen LogP contribution is 2.15. The van der Waals surface area contributed by atoms with Crippen molar-refractivity contribution in [2.24, 2.45) is 0 Å². The Morgan fingerprint density at radius 2 is 2.00 bits per heavy atom. The summed E-state index contributed by atoms with van der Waals surface area (Å²) in [6.07, 6.45) is 1.58. The molecule has 0 saturated heterocycles. The van der Waals surface area contributed by atoms with Crippen molar-refractivity contribution in [1.29, 1.82) is 0 Å². The van der Waals surface area contributed by atoms with Gasteiger partial charge >= 0.3 is 6.09 Å². The van der Waals surface area contributed by atoms with Gasteiger partial charge in [-0.05, 0) is 24.3 Å². The Morgan fingerprint density at radius 3 is 2.62 bits per heavy atom. The van der Waals surface area contributed by atoms with Crippen LogP contribution in [-0.4, -0.2) is 22.6 Å². The number of nitro benzene ring substituents is 1. The Hall–Kier alpha value is -2.96. The quantitative estimate of drug-likeness (QED) is 0.674. The van der Waals surface area contributed by atoms with Crippen molar-refractivity contribution in [3.05, 3.63) is 64.5 Å². The van der Waals surface area contributed by atoms with E-state index in [1.54, 1.807) is 6.20 Å². The summed E-state index contributed by atoms with van der Waals surface area (Å²) < 4.78 is 5.00. The summed E-state index contributed by atoms with van der Waals surface area (Å²) >= 11 is 0. The first-order chi connectivity index (χ1) is 10.1. The van der Waals surface area contributed by atoms with Crippen LogP contribution in [0.1, 0.15) is 5.69 Å². The van der Waals surface area contributed by atoms with Gasteiger partial charge in [-0.1, -0.05) is 6.07 Å². The predicted octanol–water partition coefficient (Wildman–Crippen LogP) is 2.78. The van der Waals surface area contributed by atoms with Crippen molar-refractivity contribution in [2.45, 2.75) is 6.42 Å². The van der Waals surface area contributed by atoms with E-state index < -0.39 is 11.0 Å². The molecule has 0 fully saturated rings. The fourth-order valence-electron chi connectivity index (χ4n) is 1.61. The van der Waals surface area contributed by atoms with Crippen LogP contribution in [0.5, 0.6) is 0 Å². The molecule has 1 heterocycles. The van der Waals surface area contributed by atoms with E-state index in [1.807, 2.05) is 18.2 Å². The van der Waals surface area contributed by atoms with Crippen molar-refractivity contribution >= 4 is 17.5 Å². The molecule has 7 nitrogen and oxygen atoms in total. The summed E-state index contributed by atoms with van der Waals surface area (Å²) in [5.74, 6) is 0. The molecule has 108 valence electrons. The van der Waals surface area contributed by atoms with Gasteiger partial charge in [-0.3, -0.25) is 20.4 Å². The van der Waals surface area contributed by atoms with E-state index in [4.69, 9.17) is 4.74 Å². The summed E-state index contributed by atoms with van der Waals surface area (Å²) in [4.78, 5) is 25.6. The van der Waals surface area contributed by atoms with Crippen molar-refractivity contribution in [3.8, 4) is 0 Å². The van der Waals surface area contributed by atoms with Crippen LogP contribution in [0.2, 0.25) is 0 Å². The first kappa shape index (κ1) is 14.4. The lowest BCUT2D eigenvalue weighted by Gasteiger charge is -2.06. The minimum Gasteiger partial charge on any atom is -0.449 e. The van der Waals surface area contributed by atoms with Gasteiger partial charge in [0.2, 0.25) is 0 Å². The lowest BCUT2D eigenvalue weighted by atomic mass is 10.3. The van der Waals surface area contributed by atoms with Crippen LogP contribution in [0, 0.1) is 10.1 Å². The number of pyridine rings is 1. The number of carbonyl (C=O) groups excluding carboxylic acids is 1. The maximum atomic E-state index is 11.5. The Bertz CT molecular complexity index is 614. The lowest BCUT2D eigenvalue weighted by Crippen LogP contribution is -2.15. The maximum Gasteiger partial charge on any atom is 0.411 e. The average molecular weight is 287 g/mol. The van der Waals surface area contributed by atoms with Gasteiger partial charge in [0.05, 0.1) is 11.5 Å². The zero-order valence-electron chi connectivity index (χ0n) is 11.1. The van der Waals surface area contributed by atoms with Gasteiger partial charge in [-0.2, -0.15) is 0 Å². The van der Waals surface area contributed by atoms with Crippen LogP contribution in [0.25, 0.3) is 0 Å². The number of hydrogen-bond acceptors (Lipinski definition) is 5. The van der Waals surface area contributed by atoms with Crippen molar-refractivity contribution in [2.75, 3.05) is 11.9 Å². The number of amides is 1. The van der Waals surface area contributed by atoms with Crippen LogP contribution in [0.4, 0.5) is 16.2 Å². The third-order valence-corrected chi connectivity index (χ3v) is 2.64. The molecule has 1 aromatic carbocycles. The van der Waals surface area contributed by atoms with Crippen molar-refractivity contribution < 1.29 is 14.5 Å². The Morgan fingerprint density at radius 1 is 1.24 bits per heavy atom. The molecule has 0 spiro atoms. The molecule has 2 aromatic rings. The first-order valence-electron chi connectivity index (χ1n) is 6.23. The maximum absolute atomic E-state index is 11.5. The molecule has 0 atom stereocenters. The molecule has 1 aromatic heterocycles. The van der Waals surface area contributed by atoms with Crippen LogP contribution in [-0.2, 0) is 11.2 Å². The van der Waals surface area contributed by atoms with Gasteiger partial charge in [0.15, 0.2) is 0 Å². The zero-order chi connectivity index (χ0) is 15.1. The minimum absolute atomic E-state index is 0.0379. The van der Waals surface area contributed by atoms with E-state index in [2.05, 4.69) is 10.3 Å². The molecule has 0 radical (unpaired) electrons. The molecular formula is C14H13N3O4. The number of aromatic nitrogens is 1. The van der Waals surface area contributed by atoms with Crippen LogP contribution < -0.4 is 5.32 Å². The summed E-state index contributed by atoms with van der Waals surface area (Å²) in [6, 6.07) is 11.0. The second-order valence-corrected chi connectivity index (χ2v) is 4.14. The number of carbonyl (C=O) groups is 1. The molecule has 7 heteroatoms. The zero-order valence-corrected chi connectivity index (χ0v) is 11.1. The molecule has 1 amide bonds. The van der Waals surface area contributed by atoms with Crippen LogP contribution in [0.15, 0.2) is 48.7 Å². The monoisotopic (exact) mass is 287 g/mol. The Labute approximate surface area is 120 Å². The molecule has 21 heavy (non-hydrogen) atoms. The summed E-state index contributed by atoms with van der Waals surface area (Å²) in [6.45, 7) is 0.204. The summed E-state index contributed by atoms with van der Waals surface area (Å²) in [5, 5.41) is 13.0. The fourth-order valence-corrected chi connectivity index (χ4v) is 1.61.